The van der Waals surface area contributed by atoms with Crippen LogP contribution < -0.4 is 14.8 Å². The molecule has 3 rings (SSSR count). The zero-order valence-electron chi connectivity index (χ0n) is 15.0. The highest BCUT2D eigenvalue weighted by molar-refractivity contribution is 6.32. The fourth-order valence-corrected chi connectivity index (χ4v) is 3.10. The van der Waals surface area contributed by atoms with Gasteiger partial charge in [-0.1, -0.05) is 29.3 Å². The first kappa shape index (κ1) is 20.1. The number of hydrogen-bond acceptors (Lipinski definition) is 4. The summed E-state index contributed by atoms with van der Waals surface area (Å²) in [6.07, 6.45) is 0. The van der Waals surface area contributed by atoms with E-state index in [1.54, 1.807) is 36.4 Å². The van der Waals surface area contributed by atoms with E-state index in [1.165, 1.54) is 19.2 Å². The Morgan fingerprint density at radius 1 is 1.00 bits per heavy atom. The van der Waals surface area contributed by atoms with E-state index in [0.29, 0.717) is 28.6 Å². The van der Waals surface area contributed by atoms with Gasteiger partial charge in [-0.3, -0.25) is 0 Å². The number of phenolic OH excluding ortho intramolecular Hbond substituents is 1. The first-order valence-electron chi connectivity index (χ1n) is 8.42. The minimum absolute atomic E-state index is 0.125. The molecule has 146 valence electrons. The fourth-order valence-electron chi connectivity index (χ4n) is 2.59. The van der Waals surface area contributed by atoms with Crippen molar-refractivity contribution >= 4 is 28.9 Å². The number of phenols is 1. The van der Waals surface area contributed by atoms with E-state index in [0.717, 1.165) is 11.3 Å². The standard InChI is InChI=1S/C21H18Cl2FNO3/c1-27-20-9-13(11-25-16-4-6-17(26)7-5-16)8-19(23)21(20)28-12-14-2-3-15(24)10-18(14)22/h2-10,25-26H,11-12H2,1H3. The van der Waals surface area contributed by atoms with Crippen molar-refractivity contribution < 1.29 is 19.0 Å². The van der Waals surface area contributed by atoms with Crippen LogP contribution in [0.4, 0.5) is 10.1 Å². The van der Waals surface area contributed by atoms with Gasteiger partial charge >= 0.3 is 0 Å². The van der Waals surface area contributed by atoms with Crippen molar-refractivity contribution in [1.29, 1.82) is 0 Å². The molecule has 3 aromatic rings. The molecule has 0 spiro atoms. The molecule has 0 aliphatic heterocycles. The van der Waals surface area contributed by atoms with E-state index in [9.17, 15) is 9.50 Å². The SMILES string of the molecule is COc1cc(CNc2ccc(O)cc2)cc(Cl)c1OCc1ccc(F)cc1Cl. The summed E-state index contributed by atoms with van der Waals surface area (Å²) >= 11 is 12.4. The molecular weight excluding hydrogens is 404 g/mol. The highest BCUT2D eigenvalue weighted by Gasteiger charge is 2.13. The second kappa shape index (κ2) is 9.04. The van der Waals surface area contributed by atoms with Gasteiger partial charge in [0.25, 0.3) is 0 Å². The lowest BCUT2D eigenvalue weighted by molar-refractivity contribution is 0.284. The Balaban J connectivity index is 1.72. The predicted molar refractivity (Wildman–Crippen MR) is 109 cm³/mol. The third-order valence-corrected chi connectivity index (χ3v) is 4.67. The first-order chi connectivity index (χ1) is 13.5. The highest BCUT2D eigenvalue weighted by Crippen LogP contribution is 2.37. The van der Waals surface area contributed by atoms with Gasteiger partial charge in [0.05, 0.1) is 17.2 Å². The second-order valence-electron chi connectivity index (χ2n) is 6.03. The number of methoxy groups -OCH3 is 1. The minimum atomic E-state index is -0.408. The third kappa shape index (κ3) is 5.00. The molecule has 4 nitrogen and oxygen atoms in total. The van der Waals surface area contributed by atoms with Crippen LogP contribution in [0.3, 0.4) is 0 Å². The topological polar surface area (TPSA) is 50.7 Å². The van der Waals surface area contributed by atoms with Gasteiger partial charge in [-0.2, -0.15) is 0 Å². The van der Waals surface area contributed by atoms with Crippen molar-refractivity contribution in [3.05, 3.63) is 81.6 Å². The Labute approximate surface area is 172 Å². The van der Waals surface area contributed by atoms with Gasteiger partial charge < -0.3 is 19.9 Å². The fraction of sp³-hybridized carbons (Fsp3) is 0.143. The molecular formula is C21H18Cl2FNO3. The van der Waals surface area contributed by atoms with Crippen LogP contribution in [0.1, 0.15) is 11.1 Å². The van der Waals surface area contributed by atoms with E-state index in [2.05, 4.69) is 5.32 Å². The van der Waals surface area contributed by atoms with Gasteiger partial charge in [-0.25, -0.2) is 4.39 Å². The number of anilines is 1. The molecule has 0 saturated carbocycles. The van der Waals surface area contributed by atoms with Crippen LogP contribution in [0.2, 0.25) is 10.0 Å². The molecule has 0 bridgehead atoms. The Hall–Kier alpha value is -2.63. The van der Waals surface area contributed by atoms with Gasteiger partial charge in [0, 0.05) is 17.8 Å². The van der Waals surface area contributed by atoms with Crippen LogP contribution in [-0.2, 0) is 13.2 Å². The first-order valence-corrected chi connectivity index (χ1v) is 9.18. The maximum absolute atomic E-state index is 13.2. The number of ether oxygens (including phenoxy) is 2. The summed E-state index contributed by atoms with van der Waals surface area (Å²) in [6.45, 7) is 0.630. The Morgan fingerprint density at radius 2 is 1.75 bits per heavy atom. The van der Waals surface area contributed by atoms with Crippen molar-refractivity contribution in [2.75, 3.05) is 12.4 Å². The molecule has 0 unspecified atom stereocenters. The summed E-state index contributed by atoms with van der Waals surface area (Å²) in [5.41, 5.74) is 2.39. The number of nitrogens with one attached hydrogen (secondary N) is 1. The molecule has 3 aromatic carbocycles. The maximum atomic E-state index is 13.2. The van der Waals surface area contributed by atoms with E-state index >= 15 is 0 Å². The van der Waals surface area contributed by atoms with Gasteiger partial charge in [0.2, 0.25) is 0 Å². The summed E-state index contributed by atoms with van der Waals surface area (Å²) in [5.74, 6) is 0.666. The second-order valence-corrected chi connectivity index (χ2v) is 6.85. The summed E-state index contributed by atoms with van der Waals surface area (Å²) in [4.78, 5) is 0. The molecule has 0 atom stereocenters. The number of benzene rings is 3. The summed E-state index contributed by atoms with van der Waals surface area (Å²) in [5, 5.41) is 13.2. The molecule has 0 fully saturated rings. The number of halogens is 3. The highest BCUT2D eigenvalue weighted by atomic mass is 35.5. The molecule has 0 radical (unpaired) electrons. The minimum Gasteiger partial charge on any atom is -0.508 e. The normalized spacial score (nSPS) is 10.6. The van der Waals surface area contributed by atoms with Crippen LogP contribution in [0.15, 0.2) is 54.6 Å². The van der Waals surface area contributed by atoms with E-state index in [1.807, 2.05) is 6.07 Å². The zero-order valence-corrected chi connectivity index (χ0v) is 16.5. The summed E-state index contributed by atoms with van der Waals surface area (Å²) in [6, 6.07) is 14.5. The molecule has 2 N–H and O–H groups in total. The summed E-state index contributed by atoms with van der Waals surface area (Å²) in [7, 11) is 1.53. The van der Waals surface area contributed by atoms with Crippen LogP contribution in [0.5, 0.6) is 17.2 Å². The van der Waals surface area contributed by atoms with Gasteiger partial charge in [-0.15, -0.1) is 0 Å². The monoisotopic (exact) mass is 421 g/mol. The Bertz CT molecular complexity index is 965. The number of aromatic hydroxyl groups is 1. The van der Waals surface area contributed by atoms with E-state index in [4.69, 9.17) is 32.7 Å². The number of hydrogen-bond donors (Lipinski definition) is 2. The molecule has 28 heavy (non-hydrogen) atoms. The predicted octanol–water partition coefficient (Wildman–Crippen LogP) is 6.04. The molecule has 7 heteroatoms. The Morgan fingerprint density at radius 3 is 2.43 bits per heavy atom. The molecule has 0 heterocycles. The smallest absolute Gasteiger partial charge is 0.180 e. The van der Waals surface area contributed by atoms with Gasteiger partial charge in [0.15, 0.2) is 11.5 Å². The van der Waals surface area contributed by atoms with Gasteiger partial charge in [0.1, 0.15) is 18.2 Å². The average Bonchev–Trinajstić information content (AvgIpc) is 2.67. The van der Waals surface area contributed by atoms with Crippen molar-refractivity contribution in [2.45, 2.75) is 13.2 Å². The molecule has 0 aliphatic rings. The zero-order chi connectivity index (χ0) is 20.1. The maximum Gasteiger partial charge on any atom is 0.180 e. The van der Waals surface area contributed by atoms with Crippen molar-refractivity contribution in [3.63, 3.8) is 0 Å². The molecule has 0 aliphatic carbocycles. The van der Waals surface area contributed by atoms with Crippen molar-refractivity contribution in [2.24, 2.45) is 0 Å². The average molecular weight is 422 g/mol. The van der Waals surface area contributed by atoms with Crippen molar-refractivity contribution in [3.8, 4) is 17.2 Å². The van der Waals surface area contributed by atoms with Crippen LogP contribution in [0.25, 0.3) is 0 Å². The van der Waals surface area contributed by atoms with E-state index in [-0.39, 0.29) is 17.4 Å². The Kier molecular flexibility index (Phi) is 6.49. The van der Waals surface area contributed by atoms with Gasteiger partial charge in [-0.05, 0) is 54.1 Å². The lowest BCUT2D eigenvalue weighted by atomic mass is 10.2. The number of rotatable bonds is 7. The van der Waals surface area contributed by atoms with Crippen molar-refractivity contribution in [1.82, 2.24) is 0 Å². The van der Waals surface area contributed by atoms with E-state index < -0.39 is 5.82 Å². The molecule has 0 saturated heterocycles. The lowest BCUT2D eigenvalue weighted by Crippen LogP contribution is -2.03. The largest absolute Gasteiger partial charge is 0.508 e. The van der Waals surface area contributed by atoms with Crippen LogP contribution in [0, 0.1) is 5.82 Å². The quantitative estimate of drug-likeness (QED) is 0.456. The summed E-state index contributed by atoms with van der Waals surface area (Å²) < 4.78 is 24.4. The molecule has 0 aromatic heterocycles. The lowest BCUT2D eigenvalue weighted by Gasteiger charge is -2.15. The van der Waals surface area contributed by atoms with Crippen LogP contribution in [-0.4, -0.2) is 12.2 Å². The van der Waals surface area contributed by atoms with Crippen LogP contribution >= 0.6 is 23.2 Å². The third-order valence-electron chi connectivity index (χ3n) is 4.04. The molecule has 0 amide bonds.